The van der Waals surface area contributed by atoms with Gasteiger partial charge in [0.2, 0.25) is 0 Å². The molecule has 2 nitrogen and oxygen atoms in total. The Balaban J connectivity index is 1.75. The molecule has 0 amide bonds. The van der Waals surface area contributed by atoms with E-state index in [1.165, 1.54) is 31.4 Å². The number of halogens is 1. The lowest BCUT2D eigenvalue weighted by Gasteiger charge is -2.31. The molecule has 0 unspecified atom stereocenters. The molecule has 1 heterocycles. The molecule has 1 aliphatic heterocycles. The highest BCUT2D eigenvalue weighted by molar-refractivity contribution is 7.80. The summed E-state index contributed by atoms with van der Waals surface area (Å²) < 4.78 is 12.9. The quantitative estimate of drug-likeness (QED) is 0.469. The molecule has 0 spiro atoms. The number of benzene rings is 1. The number of nitrogens with zero attached hydrogens (tertiary/aromatic N) is 1. The van der Waals surface area contributed by atoms with E-state index in [4.69, 9.17) is 0 Å². The van der Waals surface area contributed by atoms with Crippen LogP contribution in [0.2, 0.25) is 0 Å². The van der Waals surface area contributed by atoms with Crippen LogP contribution < -0.4 is 0 Å². The summed E-state index contributed by atoms with van der Waals surface area (Å²) in [6.07, 6.45) is 5.48. The van der Waals surface area contributed by atoms with Gasteiger partial charge in [-0.05, 0) is 75.3 Å². The molecule has 4 heteroatoms. The summed E-state index contributed by atoms with van der Waals surface area (Å²) in [4.78, 5) is 14.8. The number of Topliss-reactive ketones (excluding diaryl/α,β-unsaturated/α-hetero) is 1. The Hall–Kier alpha value is -0.870. The van der Waals surface area contributed by atoms with Gasteiger partial charge in [0.25, 0.3) is 0 Å². The second-order valence-electron chi connectivity index (χ2n) is 5.77. The number of thiol groups is 1. The molecule has 116 valence electrons. The zero-order valence-electron chi connectivity index (χ0n) is 12.4. The van der Waals surface area contributed by atoms with Crippen molar-refractivity contribution in [3.63, 3.8) is 0 Å². The van der Waals surface area contributed by atoms with Crippen LogP contribution in [0, 0.1) is 11.7 Å². The lowest BCUT2D eigenvalue weighted by molar-refractivity contribution is 0.0839. The average Bonchev–Trinajstić information content (AvgIpc) is 2.52. The van der Waals surface area contributed by atoms with Crippen LogP contribution in [0.3, 0.4) is 0 Å². The standard InChI is InChI=1S/C17H24FNOS/c18-16-6-4-14(5-7-16)17(20)15-8-11-19(12-9-15)10-2-1-3-13-21/h4-7,15,21H,1-3,8-13H2. The Morgan fingerprint density at radius 1 is 1.14 bits per heavy atom. The summed E-state index contributed by atoms with van der Waals surface area (Å²) in [7, 11) is 0. The zero-order chi connectivity index (χ0) is 15.1. The monoisotopic (exact) mass is 309 g/mol. The molecule has 1 aromatic rings. The fourth-order valence-corrected chi connectivity index (χ4v) is 3.12. The maximum Gasteiger partial charge on any atom is 0.166 e. The predicted molar refractivity (Wildman–Crippen MR) is 87.6 cm³/mol. The fraction of sp³-hybridized carbons (Fsp3) is 0.588. The Kier molecular flexibility index (Phi) is 6.71. The van der Waals surface area contributed by atoms with Gasteiger partial charge >= 0.3 is 0 Å². The van der Waals surface area contributed by atoms with Crippen molar-refractivity contribution in [2.45, 2.75) is 32.1 Å². The van der Waals surface area contributed by atoms with Gasteiger partial charge in [-0.1, -0.05) is 6.42 Å². The Morgan fingerprint density at radius 3 is 2.43 bits per heavy atom. The van der Waals surface area contributed by atoms with Crippen molar-refractivity contribution in [2.24, 2.45) is 5.92 Å². The number of likely N-dealkylation sites (tertiary alicyclic amines) is 1. The first-order valence-electron chi connectivity index (χ1n) is 7.83. The van der Waals surface area contributed by atoms with E-state index in [0.29, 0.717) is 5.56 Å². The molecule has 0 bridgehead atoms. The molecule has 1 aromatic carbocycles. The van der Waals surface area contributed by atoms with Gasteiger partial charge in [0, 0.05) is 11.5 Å². The SMILES string of the molecule is O=C(c1ccc(F)cc1)C1CCN(CCCCCS)CC1. The number of hydrogen-bond donors (Lipinski definition) is 1. The first kappa shape index (κ1) is 16.5. The van der Waals surface area contributed by atoms with Gasteiger partial charge in [-0.3, -0.25) is 4.79 Å². The highest BCUT2D eigenvalue weighted by Gasteiger charge is 2.25. The maximum absolute atomic E-state index is 12.9. The van der Waals surface area contributed by atoms with Crippen LogP contribution >= 0.6 is 12.6 Å². The third-order valence-electron chi connectivity index (χ3n) is 4.22. The van der Waals surface area contributed by atoms with E-state index in [9.17, 15) is 9.18 Å². The molecule has 0 aromatic heterocycles. The maximum atomic E-state index is 12.9. The van der Waals surface area contributed by atoms with Crippen LogP contribution in [0.25, 0.3) is 0 Å². The summed E-state index contributed by atoms with van der Waals surface area (Å²) in [6.45, 7) is 3.13. The smallest absolute Gasteiger partial charge is 0.166 e. The minimum atomic E-state index is -0.289. The van der Waals surface area contributed by atoms with E-state index in [-0.39, 0.29) is 17.5 Å². The molecule has 1 aliphatic rings. The highest BCUT2D eigenvalue weighted by atomic mass is 32.1. The molecule has 0 radical (unpaired) electrons. The molecular formula is C17H24FNOS. The summed E-state index contributed by atoms with van der Waals surface area (Å²) in [5.41, 5.74) is 0.642. The molecule has 1 fully saturated rings. The Labute approximate surface area is 132 Å². The third-order valence-corrected chi connectivity index (χ3v) is 4.54. The molecular weight excluding hydrogens is 285 g/mol. The van der Waals surface area contributed by atoms with E-state index in [0.717, 1.165) is 38.2 Å². The summed E-state index contributed by atoms with van der Waals surface area (Å²) in [5.74, 6) is 0.949. The van der Waals surface area contributed by atoms with E-state index in [2.05, 4.69) is 17.5 Å². The predicted octanol–water partition coefficient (Wildman–Crippen LogP) is 3.82. The summed E-state index contributed by atoms with van der Waals surface area (Å²) in [5, 5.41) is 0. The summed E-state index contributed by atoms with van der Waals surface area (Å²) in [6, 6.07) is 5.93. The molecule has 21 heavy (non-hydrogen) atoms. The number of hydrogen-bond acceptors (Lipinski definition) is 3. The van der Waals surface area contributed by atoms with E-state index >= 15 is 0 Å². The van der Waals surface area contributed by atoms with Gasteiger partial charge in [0.1, 0.15) is 5.82 Å². The molecule has 2 rings (SSSR count). The molecule has 0 atom stereocenters. The van der Waals surface area contributed by atoms with Crippen molar-refractivity contribution in [3.05, 3.63) is 35.6 Å². The third kappa shape index (κ3) is 5.11. The van der Waals surface area contributed by atoms with Gasteiger partial charge in [0.05, 0.1) is 0 Å². The van der Waals surface area contributed by atoms with Crippen LogP contribution in [0.5, 0.6) is 0 Å². The largest absolute Gasteiger partial charge is 0.303 e. The number of piperidine rings is 1. The second kappa shape index (κ2) is 8.54. The highest BCUT2D eigenvalue weighted by Crippen LogP contribution is 2.22. The van der Waals surface area contributed by atoms with Gasteiger partial charge in [-0.2, -0.15) is 12.6 Å². The van der Waals surface area contributed by atoms with Gasteiger partial charge < -0.3 is 4.90 Å². The number of unbranched alkanes of at least 4 members (excludes halogenated alkanes) is 2. The first-order valence-corrected chi connectivity index (χ1v) is 8.47. The van der Waals surface area contributed by atoms with Crippen LogP contribution in [0.15, 0.2) is 24.3 Å². The Bertz CT molecular complexity index is 441. The fourth-order valence-electron chi connectivity index (χ4n) is 2.89. The molecule has 0 saturated carbocycles. The number of rotatable bonds is 7. The topological polar surface area (TPSA) is 20.3 Å². The van der Waals surface area contributed by atoms with Crippen LogP contribution in [-0.4, -0.2) is 36.1 Å². The zero-order valence-corrected chi connectivity index (χ0v) is 13.3. The van der Waals surface area contributed by atoms with Gasteiger partial charge in [-0.15, -0.1) is 0 Å². The minimum absolute atomic E-state index is 0.101. The van der Waals surface area contributed by atoms with E-state index < -0.39 is 0 Å². The van der Waals surface area contributed by atoms with E-state index in [1.807, 2.05) is 0 Å². The van der Waals surface area contributed by atoms with E-state index in [1.54, 1.807) is 12.1 Å². The normalized spacial score (nSPS) is 17.0. The van der Waals surface area contributed by atoms with Gasteiger partial charge in [-0.25, -0.2) is 4.39 Å². The molecule has 0 aliphatic carbocycles. The van der Waals surface area contributed by atoms with Crippen molar-refractivity contribution in [1.29, 1.82) is 0 Å². The van der Waals surface area contributed by atoms with Gasteiger partial charge in [0.15, 0.2) is 5.78 Å². The number of carbonyl (C=O) groups is 1. The lowest BCUT2D eigenvalue weighted by Crippen LogP contribution is -2.36. The molecule has 0 N–H and O–H groups in total. The van der Waals surface area contributed by atoms with Crippen LogP contribution in [0.4, 0.5) is 4.39 Å². The summed E-state index contributed by atoms with van der Waals surface area (Å²) >= 11 is 4.22. The van der Waals surface area contributed by atoms with Crippen molar-refractivity contribution in [3.8, 4) is 0 Å². The average molecular weight is 309 g/mol. The van der Waals surface area contributed by atoms with Crippen molar-refractivity contribution in [2.75, 3.05) is 25.4 Å². The second-order valence-corrected chi connectivity index (χ2v) is 6.22. The first-order chi connectivity index (χ1) is 10.2. The Morgan fingerprint density at radius 2 is 1.81 bits per heavy atom. The van der Waals surface area contributed by atoms with Crippen molar-refractivity contribution >= 4 is 18.4 Å². The lowest BCUT2D eigenvalue weighted by atomic mass is 9.89. The number of ketones is 1. The van der Waals surface area contributed by atoms with Crippen LogP contribution in [0.1, 0.15) is 42.5 Å². The number of carbonyl (C=O) groups excluding carboxylic acids is 1. The minimum Gasteiger partial charge on any atom is -0.303 e. The molecule has 1 saturated heterocycles. The van der Waals surface area contributed by atoms with Crippen molar-refractivity contribution in [1.82, 2.24) is 4.90 Å². The van der Waals surface area contributed by atoms with Crippen molar-refractivity contribution < 1.29 is 9.18 Å². The van der Waals surface area contributed by atoms with Crippen LogP contribution in [-0.2, 0) is 0 Å².